The molecule has 3 rings (SSSR count). The molecule has 1 aliphatic rings. The molecule has 2 N–H and O–H groups in total. The molecular weight excluding hydrogens is 444 g/mol. The molecule has 7 nitrogen and oxygen atoms in total. The summed E-state index contributed by atoms with van der Waals surface area (Å²) in [6, 6.07) is 15.9. The van der Waals surface area contributed by atoms with Gasteiger partial charge in [0.25, 0.3) is 0 Å². The van der Waals surface area contributed by atoms with E-state index < -0.39 is 30.6 Å². The Balaban J connectivity index is 0.00000385. The van der Waals surface area contributed by atoms with Crippen molar-refractivity contribution < 1.29 is 24.2 Å². The van der Waals surface area contributed by atoms with E-state index in [0.717, 1.165) is 24.0 Å². The van der Waals surface area contributed by atoms with Crippen LogP contribution in [0.1, 0.15) is 37.3 Å². The summed E-state index contributed by atoms with van der Waals surface area (Å²) in [4.78, 5) is 38.9. The lowest BCUT2D eigenvalue weighted by Gasteiger charge is -2.32. The van der Waals surface area contributed by atoms with Crippen LogP contribution >= 0.6 is 12.4 Å². The van der Waals surface area contributed by atoms with Gasteiger partial charge < -0.3 is 9.84 Å². The van der Waals surface area contributed by atoms with Crippen molar-refractivity contribution in [3.63, 3.8) is 0 Å². The Kier molecular flexibility index (Phi) is 10.4. The van der Waals surface area contributed by atoms with E-state index in [-0.39, 0.29) is 24.9 Å². The highest BCUT2D eigenvalue weighted by Gasteiger charge is 2.33. The number of carboxylic acid groups (broad SMARTS) is 1. The molecule has 0 bridgehead atoms. The number of hydrogen-bond acceptors (Lipinski definition) is 5. The summed E-state index contributed by atoms with van der Waals surface area (Å²) in [5.74, 6) is -1.82. The Morgan fingerprint density at radius 1 is 1.15 bits per heavy atom. The van der Waals surface area contributed by atoms with Gasteiger partial charge in [-0.05, 0) is 56.2 Å². The summed E-state index contributed by atoms with van der Waals surface area (Å²) in [5.41, 5.74) is 2.66. The molecule has 2 aromatic rings. The summed E-state index contributed by atoms with van der Waals surface area (Å²) >= 11 is 0. The molecule has 0 aromatic heterocycles. The molecule has 33 heavy (non-hydrogen) atoms. The predicted molar refractivity (Wildman–Crippen MR) is 129 cm³/mol. The number of amides is 1. The first-order valence-corrected chi connectivity index (χ1v) is 11.1. The Labute approximate surface area is 200 Å². The first kappa shape index (κ1) is 26.4. The van der Waals surface area contributed by atoms with Crippen molar-refractivity contribution in [2.45, 2.75) is 51.1 Å². The molecule has 0 aliphatic carbocycles. The quantitative estimate of drug-likeness (QED) is 0.541. The van der Waals surface area contributed by atoms with E-state index in [1.165, 1.54) is 4.90 Å². The lowest BCUT2D eigenvalue weighted by Crippen LogP contribution is -2.54. The highest BCUT2D eigenvalue weighted by molar-refractivity contribution is 6.01. The molecule has 0 saturated carbocycles. The van der Waals surface area contributed by atoms with Crippen LogP contribution in [-0.4, -0.2) is 48.2 Å². The molecular formula is C25H31ClN2O5. The lowest BCUT2D eigenvalue weighted by atomic mass is 9.97. The number of carbonyl (C=O) groups excluding carboxylic acids is 2. The van der Waals surface area contributed by atoms with Crippen LogP contribution in [0, 0.1) is 0 Å². The Morgan fingerprint density at radius 2 is 1.85 bits per heavy atom. The van der Waals surface area contributed by atoms with Crippen molar-refractivity contribution in [2.75, 3.05) is 18.1 Å². The van der Waals surface area contributed by atoms with Crippen molar-refractivity contribution in [1.82, 2.24) is 5.32 Å². The van der Waals surface area contributed by atoms with Gasteiger partial charge >= 0.3 is 11.9 Å². The number of para-hydroxylation sites is 1. The molecule has 1 heterocycles. The molecule has 1 aliphatic heterocycles. The summed E-state index contributed by atoms with van der Waals surface area (Å²) in [6.07, 6.45) is 3.11. The van der Waals surface area contributed by atoms with E-state index in [9.17, 15) is 19.5 Å². The van der Waals surface area contributed by atoms with Gasteiger partial charge in [0.1, 0.15) is 12.6 Å². The largest absolute Gasteiger partial charge is 0.480 e. The van der Waals surface area contributed by atoms with E-state index in [1.54, 1.807) is 19.1 Å². The van der Waals surface area contributed by atoms with Gasteiger partial charge in [0.15, 0.2) is 0 Å². The van der Waals surface area contributed by atoms with Crippen LogP contribution in [0.25, 0.3) is 0 Å². The third-order valence-electron chi connectivity index (χ3n) is 5.62. The molecule has 178 valence electrons. The van der Waals surface area contributed by atoms with E-state index in [4.69, 9.17) is 4.74 Å². The van der Waals surface area contributed by atoms with Gasteiger partial charge in [-0.1, -0.05) is 48.5 Å². The second-order valence-electron chi connectivity index (χ2n) is 7.89. The fourth-order valence-corrected chi connectivity index (χ4v) is 4.08. The first-order valence-electron chi connectivity index (χ1n) is 11.1. The van der Waals surface area contributed by atoms with Crippen molar-refractivity contribution in [2.24, 2.45) is 0 Å². The number of rotatable bonds is 9. The maximum Gasteiger partial charge on any atom is 0.323 e. The number of hydrogen-bond donors (Lipinski definition) is 2. The zero-order valence-corrected chi connectivity index (χ0v) is 19.6. The predicted octanol–water partition coefficient (Wildman–Crippen LogP) is 3.39. The highest BCUT2D eigenvalue weighted by Crippen LogP contribution is 2.26. The third-order valence-corrected chi connectivity index (χ3v) is 5.62. The molecule has 2 aromatic carbocycles. The van der Waals surface area contributed by atoms with Gasteiger partial charge in [0.2, 0.25) is 5.91 Å². The number of benzene rings is 2. The number of nitrogens with one attached hydrogen (secondary N) is 1. The minimum absolute atomic E-state index is 0. The SMILES string of the molecule is CCOC(=O)C(CCc1ccccc1)NC1CCCc2ccccc2N(CC(=O)O)C1=O.Cl. The number of aliphatic carboxylic acids is 1. The van der Waals surface area contributed by atoms with Crippen LogP contribution in [0.4, 0.5) is 5.69 Å². The average molecular weight is 475 g/mol. The number of halogens is 1. The molecule has 1 amide bonds. The minimum Gasteiger partial charge on any atom is -0.480 e. The number of ether oxygens (including phenoxy) is 1. The Bertz CT molecular complexity index is 937. The first-order chi connectivity index (χ1) is 15.5. The lowest BCUT2D eigenvalue weighted by molar-refractivity contribution is -0.146. The summed E-state index contributed by atoms with van der Waals surface area (Å²) < 4.78 is 5.25. The van der Waals surface area contributed by atoms with Crippen molar-refractivity contribution in [3.8, 4) is 0 Å². The molecule has 2 unspecified atom stereocenters. The van der Waals surface area contributed by atoms with Gasteiger partial charge in [-0.3, -0.25) is 24.6 Å². The van der Waals surface area contributed by atoms with Crippen molar-refractivity contribution in [3.05, 3.63) is 65.7 Å². The maximum absolute atomic E-state index is 13.4. The zero-order valence-electron chi connectivity index (χ0n) is 18.7. The monoisotopic (exact) mass is 474 g/mol. The number of anilines is 1. The minimum atomic E-state index is -1.08. The van der Waals surface area contributed by atoms with Gasteiger partial charge in [-0.15, -0.1) is 12.4 Å². The van der Waals surface area contributed by atoms with Crippen LogP contribution in [0.5, 0.6) is 0 Å². The molecule has 0 saturated heterocycles. The second-order valence-corrected chi connectivity index (χ2v) is 7.89. The van der Waals surface area contributed by atoms with Gasteiger partial charge in [-0.25, -0.2) is 0 Å². The summed E-state index contributed by atoms with van der Waals surface area (Å²) in [5, 5.41) is 12.6. The number of carboxylic acids is 1. The van der Waals surface area contributed by atoms with Crippen molar-refractivity contribution in [1.29, 1.82) is 0 Å². The fraction of sp³-hybridized carbons (Fsp3) is 0.400. The average Bonchev–Trinajstić information content (AvgIpc) is 2.79. The molecule has 8 heteroatoms. The van der Waals surface area contributed by atoms with Gasteiger partial charge in [-0.2, -0.15) is 0 Å². The number of aryl methyl sites for hydroxylation is 2. The standard InChI is InChI=1S/C25H30N2O5.ClH/c1-2-32-25(31)21(16-15-18-9-4-3-5-10-18)26-20-13-8-12-19-11-6-7-14-22(19)27(24(20)30)17-23(28)29;/h3-7,9-11,14,20-21,26H,2,8,12-13,15-17H2,1H3,(H,28,29);1H. The normalized spacial score (nSPS) is 16.6. The van der Waals surface area contributed by atoms with E-state index >= 15 is 0 Å². The van der Waals surface area contributed by atoms with Crippen LogP contribution in [0.15, 0.2) is 54.6 Å². The molecule has 0 spiro atoms. The van der Waals surface area contributed by atoms with Gasteiger partial charge in [0, 0.05) is 5.69 Å². The Morgan fingerprint density at radius 3 is 2.55 bits per heavy atom. The summed E-state index contributed by atoms with van der Waals surface area (Å²) in [7, 11) is 0. The van der Waals surface area contributed by atoms with Crippen LogP contribution in [0.2, 0.25) is 0 Å². The third kappa shape index (κ3) is 7.30. The fourth-order valence-electron chi connectivity index (χ4n) is 4.08. The number of esters is 1. The Hall–Kier alpha value is -2.90. The van der Waals surface area contributed by atoms with E-state index in [1.807, 2.05) is 42.5 Å². The molecule has 2 atom stereocenters. The number of nitrogens with zero attached hydrogens (tertiary/aromatic N) is 1. The van der Waals surface area contributed by atoms with Crippen LogP contribution in [-0.2, 0) is 32.0 Å². The zero-order chi connectivity index (χ0) is 22.9. The van der Waals surface area contributed by atoms with Crippen molar-refractivity contribution >= 4 is 35.9 Å². The number of carbonyl (C=O) groups is 3. The van der Waals surface area contributed by atoms with Crippen LogP contribution in [0.3, 0.4) is 0 Å². The van der Waals surface area contributed by atoms with E-state index in [0.29, 0.717) is 24.9 Å². The molecule has 0 fully saturated rings. The topological polar surface area (TPSA) is 95.9 Å². The smallest absolute Gasteiger partial charge is 0.323 e. The number of fused-ring (bicyclic) bond motifs is 1. The second kappa shape index (κ2) is 13.0. The van der Waals surface area contributed by atoms with Crippen LogP contribution < -0.4 is 10.2 Å². The maximum atomic E-state index is 13.4. The van der Waals surface area contributed by atoms with E-state index in [2.05, 4.69) is 5.32 Å². The van der Waals surface area contributed by atoms with Gasteiger partial charge in [0.05, 0.1) is 12.6 Å². The summed E-state index contributed by atoms with van der Waals surface area (Å²) in [6.45, 7) is 1.57. The molecule has 0 radical (unpaired) electrons. The highest BCUT2D eigenvalue weighted by atomic mass is 35.5.